The zero-order valence-corrected chi connectivity index (χ0v) is 10.8. The highest BCUT2D eigenvalue weighted by Gasteiger charge is 2.02. The summed E-state index contributed by atoms with van der Waals surface area (Å²) in [5.74, 6) is 1.39. The zero-order chi connectivity index (χ0) is 11.7. The highest BCUT2D eigenvalue weighted by Crippen LogP contribution is 2.17. The molecule has 0 heteroatoms. The molecule has 0 N–H and O–H groups in total. The first-order valence-corrected chi connectivity index (χ1v) is 5.99. The van der Waals surface area contributed by atoms with Crippen LogP contribution in [0.1, 0.15) is 47.0 Å². The van der Waals surface area contributed by atoms with Crippen LogP contribution < -0.4 is 0 Å². The minimum absolute atomic E-state index is 0.664. The van der Waals surface area contributed by atoms with Crippen LogP contribution in [0.3, 0.4) is 0 Å². The van der Waals surface area contributed by atoms with Crippen LogP contribution in [0.15, 0.2) is 36.5 Å². The number of rotatable bonds is 7. The van der Waals surface area contributed by atoms with Crippen LogP contribution >= 0.6 is 0 Å². The second kappa shape index (κ2) is 8.52. The van der Waals surface area contributed by atoms with E-state index in [4.69, 9.17) is 0 Å². The molecule has 0 aliphatic carbocycles. The Hall–Kier alpha value is -0.780. The Balaban J connectivity index is 4.00. The highest BCUT2D eigenvalue weighted by atomic mass is 14.1. The second-order valence-electron chi connectivity index (χ2n) is 4.63. The van der Waals surface area contributed by atoms with Crippen LogP contribution in [-0.2, 0) is 0 Å². The maximum Gasteiger partial charge on any atom is -0.0225 e. The summed E-state index contributed by atoms with van der Waals surface area (Å²) in [6.07, 6.45) is 12.3. The fourth-order valence-electron chi connectivity index (χ4n) is 1.89. The van der Waals surface area contributed by atoms with Crippen LogP contribution in [0, 0.1) is 11.8 Å². The molecule has 0 aromatic heterocycles. The molecule has 0 nitrogen and oxygen atoms in total. The van der Waals surface area contributed by atoms with Gasteiger partial charge in [0.2, 0.25) is 0 Å². The minimum atomic E-state index is 0.664. The molecule has 0 heterocycles. The van der Waals surface area contributed by atoms with E-state index in [0.29, 0.717) is 5.92 Å². The summed E-state index contributed by atoms with van der Waals surface area (Å²) in [6.45, 7) is 12.7. The predicted molar refractivity (Wildman–Crippen MR) is 70.9 cm³/mol. The number of hydrogen-bond donors (Lipinski definition) is 0. The summed E-state index contributed by atoms with van der Waals surface area (Å²) in [6, 6.07) is 0. The van der Waals surface area contributed by atoms with Crippen LogP contribution in [0.2, 0.25) is 0 Å². The summed E-state index contributed by atoms with van der Waals surface area (Å²) in [5, 5.41) is 0. The lowest BCUT2D eigenvalue weighted by Gasteiger charge is -2.11. The Morgan fingerprint density at radius 2 is 1.93 bits per heavy atom. The van der Waals surface area contributed by atoms with Gasteiger partial charge in [0.1, 0.15) is 0 Å². The molecule has 0 bridgehead atoms. The fraction of sp³-hybridized carbons (Fsp3) is 0.600. The van der Waals surface area contributed by atoms with Gasteiger partial charge in [0.05, 0.1) is 0 Å². The van der Waals surface area contributed by atoms with Crippen LogP contribution in [0.4, 0.5) is 0 Å². The lowest BCUT2D eigenvalue weighted by molar-refractivity contribution is 0.581. The van der Waals surface area contributed by atoms with Crippen LogP contribution in [-0.4, -0.2) is 0 Å². The largest absolute Gasteiger partial charge is 0.103 e. The third kappa shape index (κ3) is 8.23. The molecule has 0 aliphatic heterocycles. The predicted octanol–water partition coefficient (Wildman–Crippen LogP) is 5.14. The third-order valence-corrected chi connectivity index (χ3v) is 2.55. The van der Waals surface area contributed by atoms with Crippen LogP contribution in [0.5, 0.6) is 0 Å². The molecular weight excluding hydrogens is 180 g/mol. The fourth-order valence-corrected chi connectivity index (χ4v) is 1.89. The summed E-state index contributed by atoms with van der Waals surface area (Å²) < 4.78 is 0. The van der Waals surface area contributed by atoms with Gasteiger partial charge in [-0.05, 0) is 44.9 Å². The van der Waals surface area contributed by atoms with Gasteiger partial charge in [-0.3, -0.25) is 0 Å². The molecule has 0 rings (SSSR count). The van der Waals surface area contributed by atoms with E-state index in [2.05, 4.69) is 52.5 Å². The summed E-state index contributed by atoms with van der Waals surface area (Å²) in [4.78, 5) is 0. The number of hydrogen-bond acceptors (Lipinski definition) is 0. The smallest absolute Gasteiger partial charge is 0.0225 e. The molecule has 2 unspecified atom stereocenters. The summed E-state index contributed by atoms with van der Waals surface area (Å²) in [5.41, 5.74) is 1.52. The second-order valence-corrected chi connectivity index (χ2v) is 4.63. The van der Waals surface area contributed by atoms with Gasteiger partial charge in [-0.1, -0.05) is 43.7 Å². The van der Waals surface area contributed by atoms with Crippen molar-refractivity contribution in [2.75, 3.05) is 0 Å². The quantitative estimate of drug-likeness (QED) is 0.506. The molecule has 0 aliphatic rings. The van der Waals surface area contributed by atoms with Crippen molar-refractivity contribution in [3.05, 3.63) is 36.5 Å². The first-order valence-electron chi connectivity index (χ1n) is 5.99. The van der Waals surface area contributed by atoms with E-state index in [1.54, 1.807) is 0 Å². The molecular formula is C15H26. The Kier molecular flexibility index (Phi) is 8.08. The first kappa shape index (κ1) is 14.2. The Morgan fingerprint density at radius 3 is 2.47 bits per heavy atom. The topological polar surface area (TPSA) is 0 Å². The van der Waals surface area contributed by atoms with E-state index in [-0.39, 0.29) is 0 Å². The first-order chi connectivity index (χ1) is 7.10. The molecule has 0 saturated carbocycles. The third-order valence-electron chi connectivity index (χ3n) is 2.55. The molecule has 0 amide bonds. The maximum atomic E-state index is 3.78. The van der Waals surface area contributed by atoms with Crippen molar-refractivity contribution < 1.29 is 0 Å². The average molecular weight is 206 g/mol. The lowest BCUT2D eigenvalue weighted by atomic mass is 9.95. The Morgan fingerprint density at radius 1 is 1.27 bits per heavy atom. The van der Waals surface area contributed by atoms with Gasteiger partial charge in [-0.15, -0.1) is 6.58 Å². The average Bonchev–Trinajstić information content (AvgIpc) is 2.14. The van der Waals surface area contributed by atoms with E-state index in [1.807, 2.05) is 6.08 Å². The Labute approximate surface area is 95.8 Å². The molecule has 0 aromatic carbocycles. The Bertz CT molecular complexity index is 220. The molecule has 2 atom stereocenters. The minimum Gasteiger partial charge on any atom is -0.103 e. The van der Waals surface area contributed by atoms with Crippen molar-refractivity contribution >= 4 is 0 Å². The van der Waals surface area contributed by atoms with Gasteiger partial charge in [0, 0.05) is 0 Å². The van der Waals surface area contributed by atoms with Gasteiger partial charge in [-0.25, -0.2) is 0 Å². The molecule has 0 radical (unpaired) electrons. The van der Waals surface area contributed by atoms with Crippen molar-refractivity contribution in [3.63, 3.8) is 0 Å². The van der Waals surface area contributed by atoms with Crippen molar-refractivity contribution in [2.45, 2.75) is 47.0 Å². The molecule has 86 valence electrons. The van der Waals surface area contributed by atoms with E-state index in [9.17, 15) is 0 Å². The SMILES string of the molecule is C=CCC(C)CC(C)=CC(C)CC=CC. The standard InChI is InChI=1S/C15H26/c1-6-8-10-14(4)12-15(5)11-13(3)9-7-2/h6-8,12-14H,2,9-11H2,1,3-5H3. The zero-order valence-electron chi connectivity index (χ0n) is 10.8. The monoisotopic (exact) mass is 206 g/mol. The molecule has 0 spiro atoms. The van der Waals surface area contributed by atoms with E-state index < -0.39 is 0 Å². The molecule has 0 fully saturated rings. The normalized spacial score (nSPS) is 16.7. The maximum absolute atomic E-state index is 3.78. The van der Waals surface area contributed by atoms with Gasteiger partial charge >= 0.3 is 0 Å². The number of allylic oxidation sites excluding steroid dienone is 5. The van der Waals surface area contributed by atoms with Gasteiger partial charge in [0.25, 0.3) is 0 Å². The molecule has 0 aromatic rings. The molecule has 15 heavy (non-hydrogen) atoms. The van der Waals surface area contributed by atoms with Crippen LogP contribution in [0.25, 0.3) is 0 Å². The summed E-state index contributed by atoms with van der Waals surface area (Å²) >= 11 is 0. The van der Waals surface area contributed by atoms with Crippen molar-refractivity contribution in [1.82, 2.24) is 0 Å². The molecule has 0 saturated heterocycles. The van der Waals surface area contributed by atoms with E-state index in [1.165, 1.54) is 12.0 Å². The van der Waals surface area contributed by atoms with Crippen molar-refractivity contribution in [2.24, 2.45) is 11.8 Å². The lowest BCUT2D eigenvalue weighted by Crippen LogP contribution is -1.96. The van der Waals surface area contributed by atoms with Crippen molar-refractivity contribution in [1.29, 1.82) is 0 Å². The summed E-state index contributed by atoms with van der Waals surface area (Å²) in [7, 11) is 0. The van der Waals surface area contributed by atoms with Gasteiger partial charge in [-0.2, -0.15) is 0 Å². The van der Waals surface area contributed by atoms with Gasteiger partial charge in [0.15, 0.2) is 0 Å². The van der Waals surface area contributed by atoms with Crippen molar-refractivity contribution in [3.8, 4) is 0 Å². The van der Waals surface area contributed by atoms with E-state index in [0.717, 1.165) is 18.8 Å². The van der Waals surface area contributed by atoms with E-state index >= 15 is 0 Å². The highest BCUT2D eigenvalue weighted by molar-refractivity contribution is 5.03. The van der Waals surface area contributed by atoms with Gasteiger partial charge < -0.3 is 0 Å².